The lowest BCUT2D eigenvalue weighted by Crippen LogP contribution is -1.97. The van der Waals surface area contributed by atoms with Gasteiger partial charge in [0.2, 0.25) is 0 Å². The van der Waals surface area contributed by atoms with Crippen LogP contribution < -0.4 is 5.73 Å². The van der Waals surface area contributed by atoms with Gasteiger partial charge in [-0.05, 0) is 22.6 Å². The zero-order valence-corrected chi connectivity index (χ0v) is 8.74. The molecule has 0 bridgehead atoms. The molecule has 0 spiro atoms. The molecular weight excluding hydrogens is 290 g/mol. The van der Waals surface area contributed by atoms with Crippen molar-refractivity contribution in [1.82, 2.24) is 14.4 Å². The first kappa shape index (κ1) is 8.06. The Morgan fingerprint density at radius 1 is 1.42 bits per heavy atom. The van der Waals surface area contributed by atoms with Gasteiger partial charge in [-0.15, -0.1) is 0 Å². The second-order valence-electron chi connectivity index (χ2n) is 2.21. The fourth-order valence-electron chi connectivity index (χ4n) is 0.953. The van der Waals surface area contributed by atoms with Crippen LogP contribution >= 0.6 is 34.2 Å². The van der Waals surface area contributed by atoms with Crippen LogP contribution in [0.2, 0.25) is 5.15 Å². The third-order valence-corrected chi connectivity index (χ3v) is 2.50. The van der Waals surface area contributed by atoms with Crippen LogP contribution in [-0.4, -0.2) is 14.4 Å². The van der Waals surface area contributed by atoms with Gasteiger partial charge in [0.1, 0.15) is 8.85 Å². The third-order valence-electron chi connectivity index (χ3n) is 1.47. The largest absolute Gasteiger partial charge is 0.381 e. The molecule has 2 aromatic rings. The number of imidazole rings is 1. The van der Waals surface area contributed by atoms with E-state index in [0.717, 1.165) is 3.70 Å². The van der Waals surface area contributed by atoms with Gasteiger partial charge in [-0.1, -0.05) is 11.6 Å². The van der Waals surface area contributed by atoms with Crippen LogP contribution in [-0.2, 0) is 0 Å². The molecule has 0 atom stereocenters. The van der Waals surface area contributed by atoms with Gasteiger partial charge in [-0.3, -0.25) is 4.40 Å². The van der Waals surface area contributed by atoms with Crippen molar-refractivity contribution in [3.63, 3.8) is 0 Å². The summed E-state index contributed by atoms with van der Waals surface area (Å²) in [6.07, 6.45) is 3.20. The van der Waals surface area contributed by atoms with Gasteiger partial charge >= 0.3 is 0 Å². The highest BCUT2D eigenvalue weighted by Gasteiger charge is 2.07. The second kappa shape index (κ2) is 2.74. The Kier molecular flexibility index (Phi) is 1.84. The van der Waals surface area contributed by atoms with E-state index in [4.69, 9.17) is 17.3 Å². The summed E-state index contributed by atoms with van der Waals surface area (Å²) in [6, 6.07) is 0. The van der Waals surface area contributed by atoms with Gasteiger partial charge in [-0.2, -0.15) is 0 Å². The molecule has 0 aliphatic heterocycles. The predicted octanol–water partition coefficient (Wildman–Crippen LogP) is 1.57. The van der Waals surface area contributed by atoms with Crippen molar-refractivity contribution in [3.8, 4) is 0 Å². The average Bonchev–Trinajstić information content (AvgIpc) is 2.42. The van der Waals surface area contributed by atoms with Crippen molar-refractivity contribution in [2.75, 3.05) is 5.73 Å². The van der Waals surface area contributed by atoms with Gasteiger partial charge in [0.05, 0.1) is 12.4 Å². The highest BCUT2D eigenvalue weighted by molar-refractivity contribution is 14.1. The number of nitrogen functional groups attached to an aromatic ring is 1. The molecule has 6 heteroatoms. The van der Waals surface area contributed by atoms with Crippen molar-refractivity contribution >= 4 is 45.7 Å². The van der Waals surface area contributed by atoms with Gasteiger partial charge in [-0.25, -0.2) is 9.97 Å². The number of nitrogens with two attached hydrogens (primary N) is 1. The van der Waals surface area contributed by atoms with Gasteiger partial charge in [0, 0.05) is 0 Å². The zero-order chi connectivity index (χ0) is 8.72. The molecule has 2 N–H and O–H groups in total. The van der Waals surface area contributed by atoms with E-state index in [0.29, 0.717) is 16.6 Å². The lowest BCUT2D eigenvalue weighted by molar-refractivity contribution is 1.11. The summed E-state index contributed by atoms with van der Waals surface area (Å²) < 4.78 is 2.66. The minimum atomic E-state index is 0.391. The number of anilines is 1. The SMILES string of the molecule is Nc1ncc(Cl)n2c(I)cnc12. The van der Waals surface area contributed by atoms with Gasteiger partial charge in [0.15, 0.2) is 11.5 Å². The lowest BCUT2D eigenvalue weighted by atomic mass is 10.6. The highest BCUT2D eigenvalue weighted by atomic mass is 127. The predicted molar refractivity (Wildman–Crippen MR) is 55.1 cm³/mol. The Bertz CT molecular complexity index is 438. The summed E-state index contributed by atoms with van der Waals surface area (Å²) in [5, 5.41) is 0.515. The van der Waals surface area contributed by atoms with E-state index in [1.807, 2.05) is 0 Å². The Balaban J connectivity index is 2.98. The maximum Gasteiger partial charge on any atom is 0.181 e. The highest BCUT2D eigenvalue weighted by Crippen LogP contribution is 2.18. The van der Waals surface area contributed by atoms with Crippen LogP contribution in [0.4, 0.5) is 5.82 Å². The Labute approximate surface area is 86.9 Å². The summed E-state index contributed by atoms with van der Waals surface area (Å²) in [5.41, 5.74) is 6.19. The van der Waals surface area contributed by atoms with E-state index in [1.54, 1.807) is 10.6 Å². The number of nitrogens with zero attached hydrogens (tertiary/aromatic N) is 3. The Morgan fingerprint density at radius 3 is 2.83 bits per heavy atom. The van der Waals surface area contributed by atoms with E-state index in [9.17, 15) is 0 Å². The van der Waals surface area contributed by atoms with Crippen molar-refractivity contribution in [2.24, 2.45) is 0 Å². The van der Waals surface area contributed by atoms with Crippen molar-refractivity contribution in [1.29, 1.82) is 0 Å². The molecule has 62 valence electrons. The van der Waals surface area contributed by atoms with Crippen molar-refractivity contribution < 1.29 is 0 Å². The van der Waals surface area contributed by atoms with Crippen LogP contribution in [0, 0.1) is 3.70 Å². The third kappa shape index (κ3) is 1.04. The average molecular weight is 294 g/mol. The molecule has 0 saturated carbocycles. The molecule has 0 unspecified atom stereocenters. The number of aromatic nitrogens is 3. The molecule has 0 saturated heterocycles. The smallest absolute Gasteiger partial charge is 0.181 e. The first-order valence-corrected chi connectivity index (χ1v) is 4.59. The molecule has 0 aliphatic carbocycles. The summed E-state index contributed by atoms with van der Waals surface area (Å²) in [6.45, 7) is 0. The van der Waals surface area contributed by atoms with E-state index in [2.05, 4.69) is 32.6 Å². The molecule has 0 amide bonds. The van der Waals surface area contributed by atoms with Crippen LogP contribution in [0.3, 0.4) is 0 Å². The summed E-state index contributed by atoms with van der Waals surface area (Å²) in [4.78, 5) is 7.94. The summed E-state index contributed by atoms with van der Waals surface area (Å²) in [7, 11) is 0. The Hall–Kier alpha value is -0.560. The number of hydrogen-bond donors (Lipinski definition) is 1. The second-order valence-corrected chi connectivity index (χ2v) is 3.70. The molecule has 0 aliphatic rings. The molecule has 4 nitrogen and oxygen atoms in total. The molecule has 0 aromatic carbocycles. The topological polar surface area (TPSA) is 56.2 Å². The molecule has 2 heterocycles. The molecule has 2 aromatic heterocycles. The normalized spacial score (nSPS) is 10.8. The maximum absolute atomic E-state index is 5.88. The number of rotatable bonds is 0. The van der Waals surface area contributed by atoms with Crippen LogP contribution in [0.25, 0.3) is 5.65 Å². The molecule has 2 rings (SSSR count). The first-order chi connectivity index (χ1) is 5.70. The monoisotopic (exact) mass is 294 g/mol. The maximum atomic E-state index is 5.88. The fraction of sp³-hybridized carbons (Fsp3) is 0. The molecule has 0 fully saturated rings. The zero-order valence-electron chi connectivity index (χ0n) is 5.83. The van der Waals surface area contributed by atoms with E-state index in [-0.39, 0.29) is 0 Å². The van der Waals surface area contributed by atoms with Crippen LogP contribution in [0.15, 0.2) is 12.4 Å². The summed E-state index contributed by atoms with van der Waals surface area (Å²) >= 11 is 8.00. The van der Waals surface area contributed by atoms with Gasteiger partial charge < -0.3 is 5.73 Å². The molecule has 12 heavy (non-hydrogen) atoms. The number of halogens is 2. The van der Waals surface area contributed by atoms with Gasteiger partial charge in [0.25, 0.3) is 0 Å². The molecular formula is C6H4ClIN4. The summed E-state index contributed by atoms with van der Waals surface area (Å²) in [5.74, 6) is 0.391. The van der Waals surface area contributed by atoms with E-state index < -0.39 is 0 Å². The Morgan fingerprint density at radius 2 is 2.17 bits per heavy atom. The number of fused-ring (bicyclic) bond motifs is 1. The van der Waals surface area contributed by atoms with Crippen molar-refractivity contribution in [3.05, 3.63) is 21.2 Å². The van der Waals surface area contributed by atoms with Crippen LogP contribution in [0.1, 0.15) is 0 Å². The first-order valence-electron chi connectivity index (χ1n) is 3.13. The number of hydrogen-bond acceptors (Lipinski definition) is 3. The molecule has 0 radical (unpaired) electrons. The minimum absolute atomic E-state index is 0.391. The van der Waals surface area contributed by atoms with Crippen molar-refractivity contribution in [2.45, 2.75) is 0 Å². The van der Waals surface area contributed by atoms with E-state index >= 15 is 0 Å². The van der Waals surface area contributed by atoms with Crippen LogP contribution in [0.5, 0.6) is 0 Å². The minimum Gasteiger partial charge on any atom is -0.381 e. The standard InChI is InChI=1S/C6H4ClIN4/c7-3-1-10-5(9)6-11-2-4(8)12(3)6/h1-2H,(H2,9,10). The lowest BCUT2D eigenvalue weighted by Gasteiger charge is -1.99. The quantitative estimate of drug-likeness (QED) is 0.750. The fourth-order valence-corrected chi connectivity index (χ4v) is 1.94. The van der Waals surface area contributed by atoms with E-state index in [1.165, 1.54) is 6.20 Å².